The third-order valence-electron chi connectivity index (χ3n) is 2.94. The second kappa shape index (κ2) is 8.80. The van der Waals surface area contributed by atoms with Gasteiger partial charge in [0.05, 0.1) is 0 Å². The van der Waals surface area contributed by atoms with Crippen molar-refractivity contribution in [3.63, 3.8) is 0 Å². The molecule has 1 aromatic heterocycles. The number of hydrogen-bond donors (Lipinski definition) is 1. The van der Waals surface area contributed by atoms with Crippen LogP contribution in [0.2, 0.25) is 0 Å². The van der Waals surface area contributed by atoms with Crippen LogP contribution in [-0.4, -0.2) is 17.6 Å². The highest BCUT2D eigenvalue weighted by Gasteiger charge is 2.11. The van der Waals surface area contributed by atoms with Gasteiger partial charge >= 0.3 is 0 Å². The molecule has 1 saturated heterocycles. The fraction of sp³-hybridized carbons (Fsp3) is 0.583. The van der Waals surface area contributed by atoms with Crippen molar-refractivity contribution in [3.05, 3.63) is 30.1 Å². The van der Waals surface area contributed by atoms with Gasteiger partial charge in [-0.2, -0.15) is 0 Å². The number of aromatic nitrogens is 1. The van der Waals surface area contributed by atoms with Gasteiger partial charge in [0.2, 0.25) is 0 Å². The number of nitrogens with zero attached hydrogens (tertiary/aromatic N) is 1. The minimum atomic E-state index is 0. The zero-order valence-corrected chi connectivity index (χ0v) is 11.0. The smallest absolute Gasteiger partial charge is 0.0270 e. The average molecular weight is 263 g/mol. The highest BCUT2D eigenvalue weighted by Crippen LogP contribution is 2.12. The molecule has 92 valence electrons. The van der Waals surface area contributed by atoms with E-state index in [-0.39, 0.29) is 24.8 Å². The summed E-state index contributed by atoms with van der Waals surface area (Å²) in [6, 6.07) is 4.97. The number of piperidine rings is 1. The molecule has 1 atom stereocenters. The molecule has 1 N–H and O–H groups in total. The first-order valence-electron chi connectivity index (χ1n) is 5.57. The van der Waals surface area contributed by atoms with E-state index in [0.29, 0.717) is 0 Å². The number of halogens is 2. The van der Waals surface area contributed by atoms with E-state index in [1.807, 2.05) is 12.4 Å². The summed E-state index contributed by atoms with van der Waals surface area (Å²) in [4.78, 5) is 4.02. The molecule has 0 spiro atoms. The molecule has 0 aliphatic carbocycles. The Hall–Kier alpha value is -0.310. The van der Waals surface area contributed by atoms with Crippen LogP contribution in [0, 0.1) is 0 Å². The Bertz CT molecular complexity index is 261. The molecule has 1 aliphatic rings. The first-order chi connectivity index (χ1) is 6.95. The number of rotatable bonds is 3. The maximum atomic E-state index is 4.02. The molecule has 16 heavy (non-hydrogen) atoms. The first kappa shape index (κ1) is 15.7. The maximum Gasteiger partial charge on any atom is 0.0270 e. The average Bonchev–Trinajstić information content (AvgIpc) is 2.29. The van der Waals surface area contributed by atoms with Crippen molar-refractivity contribution in [2.24, 2.45) is 0 Å². The Labute approximate surface area is 110 Å². The summed E-state index contributed by atoms with van der Waals surface area (Å²) < 4.78 is 0. The monoisotopic (exact) mass is 262 g/mol. The normalized spacial score (nSPS) is 19.4. The second-order valence-corrected chi connectivity index (χ2v) is 4.04. The lowest BCUT2D eigenvalue weighted by Gasteiger charge is -2.23. The molecule has 1 aliphatic heterocycles. The summed E-state index contributed by atoms with van der Waals surface area (Å²) in [5, 5.41) is 3.57. The van der Waals surface area contributed by atoms with E-state index in [4.69, 9.17) is 0 Å². The molecule has 0 bridgehead atoms. The van der Waals surface area contributed by atoms with Crippen LogP contribution in [-0.2, 0) is 6.42 Å². The molecule has 2 rings (SSSR count). The lowest BCUT2D eigenvalue weighted by atomic mass is 9.98. The summed E-state index contributed by atoms with van der Waals surface area (Å²) in [6.45, 7) is 1.21. The second-order valence-electron chi connectivity index (χ2n) is 4.04. The summed E-state index contributed by atoms with van der Waals surface area (Å²) >= 11 is 0. The molecule has 0 aromatic carbocycles. The van der Waals surface area contributed by atoms with Crippen molar-refractivity contribution in [1.82, 2.24) is 10.3 Å². The van der Waals surface area contributed by atoms with Crippen molar-refractivity contribution < 1.29 is 0 Å². The van der Waals surface area contributed by atoms with Crippen LogP contribution in [0.1, 0.15) is 31.2 Å². The lowest BCUT2D eigenvalue weighted by Crippen LogP contribution is -2.34. The van der Waals surface area contributed by atoms with Crippen molar-refractivity contribution in [3.8, 4) is 0 Å². The third kappa shape index (κ3) is 5.15. The van der Waals surface area contributed by atoms with E-state index >= 15 is 0 Å². The largest absolute Gasteiger partial charge is 0.314 e. The van der Waals surface area contributed by atoms with E-state index in [9.17, 15) is 0 Å². The fourth-order valence-electron chi connectivity index (χ4n) is 2.06. The lowest BCUT2D eigenvalue weighted by molar-refractivity contribution is 0.383. The topological polar surface area (TPSA) is 24.9 Å². The molecule has 4 heteroatoms. The Morgan fingerprint density at radius 2 is 1.94 bits per heavy atom. The molecular weight excluding hydrogens is 243 g/mol. The highest BCUT2D eigenvalue weighted by molar-refractivity contribution is 5.85. The molecule has 1 unspecified atom stereocenters. The summed E-state index contributed by atoms with van der Waals surface area (Å²) in [6.07, 6.45) is 10.3. The van der Waals surface area contributed by atoms with E-state index < -0.39 is 0 Å². The molecule has 1 aromatic rings. The van der Waals surface area contributed by atoms with Crippen LogP contribution in [0.15, 0.2) is 24.5 Å². The molecule has 0 amide bonds. The first-order valence-corrected chi connectivity index (χ1v) is 5.57. The van der Waals surface area contributed by atoms with Crippen LogP contribution in [0.4, 0.5) is 0 Å². The molecule has 0 saturated carbocycles. The zero-order chi connectivity index (χ0) is 9.64. The van der Waals surface area contributed by atoms with Gasteiger partial charge in [0.15, 0.2) is 0 Å². The number of pyridine rings is 1. The van der Waals surface area contributed by atoms with Gasteiger partial charge < -0.3 is 5.32 Å². The van der Waals surface area contributed by atoms with Crippen molar-refractivity contribution in [1.29, 1.82) is 0 Å². The van der Waals surface area contributed by atoms with Gasteiger partial charge in [0.1, 0.15) is 0 Å². The van der Waals surface area contributed by atoms with Crippen molar-refractivity contribution >= 4 is 24.8 Å². The Balaban J connectivity index is 0.00000112. The Kier molecular flexibility index (Phi) is 8.63. The minimum Gasteiger partial charge on any atom is -0.314 e. The number of aryl methyl sites for hydroxylation is 1. The predicted octanol–water partition coefficient (Wildman–Crippen LogP) is 3.00. The standard InChI is InChI=1S/C12H18N2.2ClH/c1-2-8-14-12(3-1)5-4-11-6-9-13-10-7-11;;/h6-7,9-10,12,14H,1-5,8H2;2*1H. The Morgan fingerprint density at radius 3 is 2.56 bits per heavy atom. The van der Waals surface area contributed by atoms with E-state index in [1.54, 1.807) is 0 Å². The fourth-order valence-corrected chi connectivity index (χ4v) is 2.06. The number of nitrogens with one attached hydrogen (secondary N) is 1. The van der Waals surface area contributed by atoms with Gasteiger partial charge in [-0.3, -0.25) is 4.98 Å². The molecule has 1 fully saturated rings. The Morgan fingerprint density at radius 1 is 1.19 bits per heavy atom. The van der Waals surface area contributed by atoms with Crippen LogP contribution < -0.4 is 5.32 Å². The SMILES string of the molecule is Cl.Cl.c1cc(CCC2CCCCN2)ccn1. The number of hydrogen-bond acceptors (Lipinski definition) is 2. The molecular formula is C12H20Cl2N2. The quantitative estimate of drug-likeness (QED) is 0.906. The van der Waals surface area contributed by atoms with Crippen molar-refractivity contribution in [2.45, 2.75) is 38.1 Å². The van der Waals surface area contributed by atoms with Gasteiger partial charge in [-0.1, -0.05) is 6.42 Å². The minimum absolute atomic E-state index is 0. The molecule has 2 heterocycles. The maximum absolute atomic E-state index is 4.02. The van der Waals surface area contributed by atoms with Crippen LogP contribution in [0.25, 0.3) is 0 Å². The summed E-state index contributed by atoms with van der Waals surface area (Å²) in [7, 11) is 0. The molecule has 0 radical (unpaired) electrons. The zero-order valence-electron chi connectivity index (χ0n) is 9.39. The third-order valence-corrected chi connectivity index (χ3v) is 2.94. The van der Waals surface area contributed by atoms with E-state index in [2.05, 4.69) is 22.4 Å². The van der Waals surface area contributed by atoms with Gasteiger partial charge in [-0.25, -0.2) is 0 Å². The van der Waals surface area contributed by atoms with Gasteiger partial charge in [-0.05, 0) is 49.9 Å². The van der Waals surface area contributed by atoms with E-state index in [0.717, 1.165) is 6.04 Å². The van der Waals surface area contributed by atoms with Crippen molar-refractivity contribution in [2.75, 3.05) is 6.54 Å². The van der Waals surface area contributed by atoms with Gasteiger partial charge in [-0.15, -0.1) is 24.8 Å². The molecule has 2 nitrogen and oxygen atoms in total. The van der Waals surface area contributed by atoms with Crippen LogP contribution in [0.5, 0.6) is 0 Å². The van der Waals surface area contributed by atoms with Crippen LogP contribution in [0.3, 0.4) is 0 Å². The van der Waals surface area contributed by atoms with Gasteiger partial charge in [0, 0.05) is 18.4 Å². The van der Waals surface area contributed by atoms with Gasteiger partial charge in [0.25, 0.3) is 0 Å². The highest BCUT2D eigenvalue weighted by atomic mass is 35.5. The summed E-state index contributed by atoms with van der Waals surface area (Å²) in [5.74, 6) is 0. The van der Waals surface area contributed by atoms with Crippen LogP contribution >= 0.6 is 24.8 Å². The predicted molar refractivity (Wildman–Crippen MR) is 72.7 cm³/mol. The summed E-state index contributed by atoms with van der Waals surface area (Å²) in [5.41, 5.74) is 1.41. The van der Waals surface area contributed by atoms with E-state index in [1.165, 1.54) is 44.2 Å².